The number of aromatic nitrogens is 1. The van der Waals surface area contributed by atoms with Gasteiger partial charge in [0.2, 0.25) is 0 Å². The Morgan fingerprint density at radius 1 is 1.56 bits per heavy atom. The maximum absolute atomic E-state index is 11.7. The van der Waals surface area contributed by atoms with Gasteiger partial charge in [0.05, 0.1) is 0 Å². The average Bonchev–Trinajstić information content (AvgIpc) is 2.73. The van der Waals surface area contributed by atoms with E-state index in [-0.39, 0.29) is 18.2 Å². The minimum Gasteiger partial charge on any atom is -0.480 e. The number of amides is 1. The predicted molar refractivity (Wildman–Crippen MR) is 60.9 cm³/mol. The van der Waals surface area contributed by atoms with Crippen LogP contribution in [0.4, 0.5) is 0 Å². The lowest BCUT2D eigenvalue weighted by Crippen LogP contribution is -2.44. The number of hydrogen-bond acceptors (Lipinski definition) is 5. The van der Waals surface area contributed by atoms with E-state index in [4.69, 9.17) is 14.4 Å². The van der Waals surface area contributed by atoms with Crippen LogP contribution in [0.2, 0.25) is 0 Å². The Labute approximate surface area is 104 Å². The van der Waals surface area contributed by atoms with Crippen LogP contribution in [-0.2, 0) is 16.1 Å². The molecule has 0 saturated carbocycles. The van der Waals surface area contributed by atoms with Crippen molar-refractivity contribution in [3.63, 3.8) is 0 Å². The lowest BCUT2D eigenvalue weighted by atomic mass is 10.0. The third-order valence-electron chi connectivity index (χ3n) is 2.30. The first-order valence-electron chi connectivity index (χ1n) is 5.44. The summed E-state index contributed by atoms with van der Waals surface area (Å²) in [6.07, 6.45) is 0. The molecule has 0 aromatic carbocycles. The smallest absolute Gasteiger partial charge is 0.326 e. The molecule has 0 fully saturated rings. The molecule has 0 spiro atoms. The second kappa shape index (κ2) is 6.15. The highest BCUT2D eigenvalue weighted by Crippen LogP contribution is 2.07. The summed E-state index contributed by atoms with van der Waals surface area (Å²) >= 11 is 0. The molecule has 1 aromatic rings. The molecule has 7 nitrogen and oxygen atoms in total. The summed E-state index contributed by atoms with van der Waals surface area (Å²) in [7, 11) is 1.49. The number of nitrogens with zero attached hydrogens (tertiary/aromatic N) is 1. The van der Waals surface area contributed by atoms with Crippen LogP contribution in [0.1, 0.15) is 30.1 Å². The van der Waals surface area contributed by atoms with Gasteiger partial charge < -0.3 is 19.7 Å². The monoisotopic (exact) mass is 256 g/mol. The van der Waals surface area contributed by atoms with E-state index >= 15 is 0 Å². The number of carbonyl (C=O) groups is 2. The fourth-order valence-corrected chi connectivity index (χ4v) is 1.36. The maximum atomic E-state index is 11.7. The molecule has 2 N–H and O–H groups in total. The van der Waals surface area contributed by atoms with Gasteiger partial charge in [0.15, 0.2) is 11.5 Å². The zero-order valence-electron chi connectivity index (χ0n) is 10.5. The topological polar surface area (TPSA) is 102 Å². The van der Waals surface area contributed by atoms with E-state index < -0.39 is 17.9 Å². The Hall–Kier alpha value is -1.89. The minimum absolute atomic E-state index is 0.0361. The van der Waals surface area contributed by atoms with Crippen LogP contribution >= 0.6 is 0 Å². The molecule has 0 aliphatic heterocycles. The molecule has 0 saturated heterocycles. The van der Waals surface area contributed by atoms with Crippen molar-refractivity contribution in [2.24, 2.45) is 5.92 Å². The third kappa shape index (κ3) is 3.56. The van der Waals surface area contributed by atoms with E-state index in [0.717, 1.165) is 0 Å². The number of hydrogen-bond donors (Lipinski definition) is 2. The number of ether oxygens (including phenoxy) is 1. The number of carboxylic acid groups (broad SMARTS) is 1. The summed E-state index contributed by atoms with van der Waals surface area (Å²) in [4.78, 5) is 22.7. The first-order valence-corrected chi connectivity index (χ1v) is 5.44. The molecule has 1 amide bonds. The molecule has 0 aliphatic rings. The van der Waals surface area contributed by atoms with Gasteiger partial charge in [-0.05, 0) is 5.92 Å². The zero-order chi connectivity index (χ0) is 13.7. The first-order chi connectivity index (χ1) is 8.45. The fourth-order valence-electron chi connectivity index (χ4n) is 1.36. The SMILES string of the molecule is COCc1cc(C(=O)N[C@@H](C(=O)O)C(C)C)no1. The van der Waals surface area contributed by atoms with Crippen molar-refractivity contribution in [2.75, 3.05) is 7.11 Å². The van der Waals surface area contributed by atoms with E-state index in [9.17, 15) is 9.59 Å². The van der Waals surface area contributed by atoms with Crippen molar-refractivity contribution in [1.29, 1.82) is 0 Å². The largest absolute Gasteiger partial charge is 0.480 e. The van der Waals surface area contributed by atoms with Crippen LogP contribution in [0.25, 0.3) is 0 Å². The minimum atomic E-state index is -1.08. The second-order valence-electron chi connectivity index (χ2n) is 4.14. The molecule has 0 bridgehead atoms. The Morgan fingerprint density at radius 2 is 2.22 bits per heavy atom. The average molecular weight is 256 g/mol. The van der Waals surface area contributed by atoms with Crippen molar-refractivity contribution >= 4 is 11.9 Å². The molecule has 1 aromatic heterocycles. The Balaban J connectivity index is 2.71. The van der Waals surface area contributed by atoms with Crippen LogP contribution < -0.4 is 5.32 Å². The number of methoxy groups -OCH3 is 1. The highest BCUT2D eigenvalue weighted by atomic mass is 16.5. The van der Waals surface area contributed by atoms with Gasteiger partial charge >= 0.3 is 5.97 Å². The number of carbonyl (C=O) groups excluding carboxylic acids is 1. The predicted octanol–water partition coefficient (Wildman–Crippen LogP) is 0.660. The van der Waals surface area contributed by atoms with Crippen molar-refractivity contribution in [3.8, 4) is 0 Å². The standard InChI is InChI=1S/C11H16N2O5/c1-6(2)9(11(15)16)12-10(14)8-4-7(5-17-3)18-13-8/h4,6,9H,5H2,1-3H3,(H,12,14)(H,15,16)/t9-/m1/s1. The number of nitrogens with one attached hydrogen (secondary N) is 1. The maximum Gasteiger partial charge on any atom is 0.326 e. The highest BCUT2D eigenvalue weighted by molar-refractivity contribution is 5.94. The first kappa shape index (κ1) is 14.2. The summed E-state index contributed by atoms with van der Waals surface area (Å²) in [5.74, 6) is -1.49. The summed E-state index contributed by atoms with van der Waals surface area (Å²) in [5.41, 5.74) is 0.0361. The Morgan fingerprint density at radius 3 is 2.72 bits per heavy atom. The molecule has 1 rings (SSSR count). The number of rotatable bonds is 6. The van der Waals surface area contributed by atoms with Gasteiger partial charge in [0.25, 0.3) is 5.91 Å². The van der Waals surface area contributed by atoms with Crippen LogP contribution in [-0.4, -0.2) is 35.3 Å². The highest BCUT2D eigenvalue weighted by Gasteiger charge is 2.25. The summed E-state index contributed by atoms with van der Waals surface area (Å²) < 4.78 is 9.66. The van der Waals surface area contributed by atoms with E-state index in [0.29, 0.717) is 5.76 Å². The van der Waals surface area contributed by atoms with Crippen LogP contribution in [0.5, 0.6) is 0 Å². The number of carboxylic acids is 1. The van der Waals surface area contributed by atoms with Gasteiger partial charge in [-0.1, -0.05) is 19.0 Å². The van der Waals surface area contributed by atoms with E-state index in [1.165, 1.54) is 13.2 Å². The summed E-state index contributed by atoms with van der Waals surface area (Å²) in [6.45, 7) is 3.61. The molecular formula is C11H16N2O5. The molecule has 18 heavy (non-hydrogen) atoms. The molecular weight excluding hydrogens is 240 g/mol. The molecule has 100 valence electrons. The van der Waals surface area contributed by atoms with Crippen molar-refractivity contribution in [3.05, 3.63) is 17.5 Å². The lowest BCUT2D eigenvalue weighted by Gasteiger charge is -2.16. The molecule has 1 heterocycles. The van der Waals surface area contributed by atoms with Gasteiger partial charge in [-0.2, -0.15) is 0 Å². The summed E-state index contributed by atoms with van der Waals surface area (Å²) in [5, 5.41) is 14.9. The van der Waals surface area contributed by atoms with Crippen molar-refractivity contribution in [2.45, 2.75) is 26.5 Å². The van der Waals surface area contributed by atoms with Crippen molar-refractivity contribution < 1.29 is 24.0 Å². The Bertz CT molecular complexity index is 427. The van der Waals surface area contributed by atoms with Crippen molar-refractivity contribution in [1.82, 2.24) is 10.5 Å². The number of aliphatic carboxylic acids is 1. The van der Waals surface area contributed by atoms with E-state index in [1.54, 1.807) is 13.8 Å². The van der Waals surface area contributed by atoms with Crippen LogP contribution in [0, 0.1) is 5.92 Å². The molecule has 0 unspecified atom stereocenters. The molecule has 0 aliphatic carbocycles. The quantitative estimate of drug-likeness (QED) is 0.775. The van der Waals surface area contributed by atoms with E-state index in [2.05, 4.69) is 10.5 Å². The lowest BCUT2D eigenvalue weighted by molar-refractivity contribution is -0.140. The van der Waals surface area contributed by atoms with Gasteiger partial charge in [0, 0.05) is 13.2 Å². The fraction of sp³-hybridized carbons (Fsp3) is 0.545. The normalized spacial score (nSPS) is 12.4. The molecule has 7 heteroatoms. The molecule has 0 radical (unpaired) electrons. The third-order valence-corrected chi connectivity index (χ3v) is 2.30. The van der Waals surface area contributed by atoms with Gasteiger partial charge in [0.1, 0.15) is 12.6 Å². The van der Waals surface area contributed by atoms with Gasteiger partial charge in [-0.15, -0.1) is 0 Å². The van der Waals surface area contributed by atoms with Crippen LogP contribution in [0.15, 0.2) is 10.6 Å². The van der Waals surface area contributed by atoms with Crippen LogP contribution in [0.3, 0.4) is 0 Å². The van der Waals surface area contributed by atoms with Gasteiger partial charge in [-0.3, -0.25) is 4.79 Å². The second-order valence-corrected chi connectivity index (χ2v) is 4.14. The summed E-state index contributed by atoms with van der Waals surface area (Å²) in [6, 6.07) is 0.456. The zero-order valence-corrected chi connectivity index (χ0v) is 10.5. The molecule has 1 atom stereocenters. The van der Waals surface area contributed by atoms with E-state index in [1.807, 2.05) is 0 Å². The Kier molecular flexibility index (Phi) is 4.85. The van der Waals surface area contributed by atoms with Gasteiger partial charge in [-0.25, -0.2) is 4.79 Å².